The van der Waals surface area contributed by atoms with E-state index in [1.54, 1.807) is 54.6 Å². The highest BCUT2D eigenvalue weighted by atomic mass is 35.5. The standard InChI is InChI=1S/C24H22ClN5O4/c1-24(2,3)19-12-20(30-34-19)29-23(32)27-17-10-8-16(9-11-17)26-21(31)18-13-33-22(28-18)14-4-6-15(25)7-5-14/h4-13H,1-3H3,(H,26,31)(H2,27,29,30,32). The van der Waals surface area contributed by atoms with Crippen molar-refractivity contribution in [1.29, 1.82) is 0 Å². The average Bonchev–Trinajstić information content (AvgIpc) is 3.46. The van der Waals surface area contributed by atoms with E-state index in [-0.39, 0.29) is 11.1 Å². The first-order valence-corrected chi connectivity index (χ1v) is 10.7. The number of amides is 3. The van der Waals surface area contributed by atoms with Gasteiger partial charge in [-0.3, -0.25) is 10.1 Å². The lowest BCUT2D eigenvalue weighted by molar-refractivity contribution is 0.102. The van der Waals surface area contributed by atoms with Crippen LogP contribution in [-0.2, 0) is 5.41 Å². The predicted octanol–water partition coefficient (Wildman–Crippen LogP) is 6.18. The van der Waals surface area contributed by atoms with Gasteiger partial charge in [0, 0.05) is 33.4 Å². The number of hydrogen-bond acceptors (Lipinski definition) is 6. The summed E-state index contributed by atoms with van der Waals surface area (Å²) >= 11 is 5.89. The summed E-state index contributed by atoms with van der Waals surface area (Å²) in [7, 11) is 0. The molecular weight excluding hydrogens is 458 g/mol. The van der Waals surface area contributed by atoms with Crippen LogP contribution in [0.5, 0.6) is 0 Å². The summed E-state index contributed by atoms with van der Waals surface area (Å²) < 4.78 is 10.7. The van der Waals surface area contributed by atoms with Crippen LogP contribution < -0.4 is 16.0 Å². The summed E-state index contributed by atoms with van der Waals surface area (Å²) in [5, 5.41) is 12.5. The Kier molecular flexibility index (Phi) is 6.38. The molecule has 0 saturated heterocycles. The summed E-state index contributed by atoms with van der Waals surface area (Å²) in [4.78, 5) is 28.9. The smallest absolute Gasteiger partial charge is 0.324 e. The second kappa shape index (κ2) is 9.40. The van der Waals surface area contributed by atoms with Crippen molar-refractivity contribution in [2.24, 2.45) is 0 Å². The quantitative estimate of drug-likeness (QED) is 0.314. The number of carbonyl (C=O) groups excluding carboxylic acids is 2. The second-order valence-corrected chi connectivity index (χ2v) is 8.92. The maximum absolute atomic E-state index is 12.5. The van der Waals surface area contributed by atoms with Crippen molar-refractivity contribution in [3.63, 3.8) is 0 Å². The molecular formula is C24H22ClN5O4. The van der Waals surface area contributed by atoms with E-state index in [0.717, 1.165) is 0 Å². The third kappa shape index (κ3) is 5.62. The van der Waals surface area contributed by atoms with E-state index < -0.39 is 11.9 Å². The van der Waals surface area contributed by atoms with Gasteiger partial charge in [0.1, 0.15) is 12.0 Å². The first-order valence-electron chi connectivity index (χ1n) is 10.4. The van der Waals surface area contributed by atoms with Crippen LogP contribution in [0.1, 0.15) is 37.0 Å². The van der Waals surface area contributed by atoms with Crippen LogP contribution in [0.4, 0.5) is 22.0 Å². The molecule has 10 heteroatoms. The highest BCUT2D eigenvalue weighted by Crippen LogP contribution is 2.25. The number of anilines is 3. The van der Waals surface area contributed by atoms with Gasteiger partial charge in [-0.15, -0.1) is 0 Å². The summed E-state index contributed by atoms with van der Waals surface area (Å²) in [5.74, 6) is 0.865. The van der Waals surface area contributed by atoms with Gasteiger partial charge in [0.25, 0.3) is 5.91 Å². The van der Waals surface area contributed by atoms with Crippen LogP contribution in [0, 0.1) is 0 Å². The summed E-state index contributed by atoms with van der Waals surface area (Å²) in [5.41, 5.74) is 1.68. The Hall–Kier alpha value is -4.11. The number of urea groups is 1. The van der Waals surface area contributed by atoms with Crippen LogP contribution in [0.3, 0.4) is 0 Å². The third-order valence-electron chi connectivity index (χ3n) is 4.72. The number of benzene rings is 2. The minimum atomic E-state index is -0.470. The Labute approximate surface area is 200 Å². The van der Waals surface area contributed by atoms with E-state index in [9.17, 15) is 9.59 Å². The molecule has 2 aromatic heterocycles. The molecule has 0 fully saturated rings. The Balaban J connectivity index is 1.33. The number of halogens is 1. The molecule has 34 heavy (non-hydrogen) atoms. The zero-order valence-corrected chi connectivity index (χ0v) is 19.4. The number of aromatic nitrogens is 2. The van der Waals surface area contributed by atoms with Crippen molar-refractivity contribution in [3.05, 3.63) is 77.3 Å². The topological polar surface area (TPSA) is 122 Å². The molecule has 0 unspecified atom stereocenters. The van der Waals surface area contributed by atoms with E-state index in [1.165, 1.54) is 6.26 Å². The molecule has 0 aliphatic heterocycles. The van der Waals surface area contributed by atoms with Gasteiger partial charge < -0.3 is 19.6 Å². The van der Waals surface area contributed by atoms with Gasteiger partial charge in [-0.1, -0.05) is 37.5 Å². The number of nitrogens with one attached hydrogen (secondary N) is 3. The van der Waals surface area contributed by atoms with Crippen LogP contribution in [0.2, 0.25) is 5.02 Å². The van der Waals surface area contributed by atoms with E-state index >= 15 is 0 Å². The summed E-state index contributed by atoms with van der Waals surface area (Å²) in [6.45, 7) is 5.96. The van der Waals surface area contributed by atoms with Gasteiger partial charge in [0.05, 0.1) is 0 Å². The SMILES string of the molecule is CC(C)(C)c1cc(NC(=O)Nc2ccc(NC(=O)c3coc(-c4ccc(Cl)cc4)n3)cc2)no1. The molecule has 2 aromatic carbocycles. The van der Waals surface area contributed by atoms with Gasteiger partial charge >= 0.3 is 6.03 Å². The van der Waals surface area contributed by atoms with Crippen molar-refractivity contribution < 1.29 is 18.5 Å². The Bertz CT molecular complexity index is 1300. The number of hydrogen-bond donors (Lipinski definition) is 3. The largest absolute Gasteiger partial charge is 0.444 e. The molecule has 0 aliphatic carbocycles. The number of nitrogens with zero attached hydrogens (tertiary/aromatic N) is 2. The van der Waals surface area contributed by atoms with Crippen molar-refractivity contribution >= 4 is 40.7 Å². The van der Waals surface area contributed by atoms with Crippen molar-refractivity contribution in [2.45, 2.75) is 26.2 Å². The fraction of sp³-hybridized carbons (Fsp3) is 0.167. The predicted molar refractivity (Wildman–Crippen MR) is 129 cm³/mol. The van der Waals surface area contributed by atoms with Gasteiger partial charge in [-0.05, 0) is 48.5 Å². The molecule has 0 saturated carbocycles. The van der Waals surface area contributed by atoms with E-state index in [4.69, 9.17) is 20.5 Å². The van der Waals surface area contributed by atoms with Crippen molar-refractivity contribution in [2.75, 3.05) is 16.0 Å². The molecule has 0 radical (unpaired) electrons. The first kappa shape index (κ1) is 23.1. The fourth-order valence-corrected chi connectivity index (χ4v) is 3.03. The number of rotatable bonds is 5. The van der Waals surface area contributed by atoms with Crippen LogP contribution >= 0.6 is 11.6 Å². The minimum Gasteiger partial charge on any atom is -0.444 e. The summed E-state index contributed by atoms with van der Waals surface area (Å²) in [6.07, 6.45) is 1.29. The normalized spacial score (nSPS) is 11.2. The number of oxazole rings is 1. The van der Waals surface area contributed by atoms with Crippen LogP contribution in [-0.4, -0.2) is 22.1 Å². The molecule has 0 aliphatic rings. The Morgan fingerprint density at radius 2 is 1.56 bits per heavy atom. The molecule has 2 heterocycles. The summed E-state index contributed by atoms with van der Waals surface area (Å²) in [6, 6.07) is 14.8. The first-order chi connectivity index (χ1) is 16.2. The molecule has 3 amide bonds. The molecule has 0 spiro atoms. The molecule has 3 N–H and O–H groups in total. The maximum atomic E-state index is 12.5. The molecule has 4 aromatic rings. The van der Waals surface area contributed by atoms with Crippen molar-refractivity contribution in [1.82, 2.24) is 10.1 Å². The second-order valence-electron chi connectivity index (χ2n) is 8.48. The lowest BCUT2D eigenvalue weighted by atomic mass is 9.93. The van der Waals surface area contributed by atoms with Gasteiger partial charge in [-0.2, -0.15) is 0 Å². The minimum absolute atomic E-state index is 0.133. The average molecular weight is 480 g/mol. The van der Waals surface area contributed by atoms with Crippen molar-refractivity contribution in [3.8, 4) is 11.5 Å². The van der Waals surface area contributed by atoms with Crippen LogP contribution in [0.25, 0.3) is 11.5 Å². The molecule has 0 bridgehead atoms. The van der Waals surface area contributed by atoms with Gasteiger partial charge in [0.15, 0.2) is 11.5 Å². The number of carbonyl (C=O) groups is 2. The highest BCUT2D eigenvalue weighted by molar-refractivity contribution is 6.30. The zero-order valence-electron chi connectivity index (χ0n) is 18.7. The lowest BCUT2D eigenvalue weighted by Crippen LogP contribution is -2.19. The molecule has 0 atom stereocenters. The highest BCUT2D eigenvalue weighted by Gasteiger charge is 2.20. The fourth-order valence-electron chi connectivity index (χ4n) is 2.90. The van der Waals surface area contributed by atoms with E-state index in [1.807, 2.05) is 20.8 Å². The van der Waals surface area contributed by atoms with Gasteiger partial charge in [-0.25, -0.2) is 9.78 Å². The third-order valence-corrected chi connectivity index (χ3v) is 4.97. The van der Waals surface area contributed by atoms with E-state index in [2.05, 4.69) is 26.1 Å². The van der Waals surface area contributed by atoms with Crippen LogP contribution in [0.15, 0.2) is 69.8 Å². The molecule has 174 valence electrons. The molecule has 9 nitrogen and oxygen atoms in total. The Morgan fingerprint density at radius 3 is 2.18 bits per heavy atom. The van der Waals surface area contributed by atoms with Gasteiger partial charge in [0.2, 0.25) is 5.89 Å². The maximum Gasteiger partial charge on any atom is 0.324 e. The monoisotopic (exact) mass is 479 g/mol. The molecule has 4 rings (SSSR count). The Morgan fingerprint density at radius 1 is 0.912 bits per heavy atom. The zero-order chi connectivity index (χ0) is 24.3. The van der Waals surface area contributed by atoms with E-state index in [0.29, 0.717) is 39.4 Å². The lowest BCUT2D eigenvalue weighted by Gasteiger charge is -2.12.